The SMILES string of the molecule is Cn1nnnc1NC(=O)NS(=O)(=O)c1ccccc1Cl. The zero-order valence-corrected chi connectivity index (χ0v) is 11.7. The van der Waals surface area contributed by atoms with Gasteiger partial charge in [0.1, 0.15) is 4.90 Å². The van der Waals surface area contributed by atoms with Gasteiger partial charge in [-0.25, -0.2) is 22.6 Å². The maximum atomic E-state index is 12.0. The largest absolute Gasteiger partial charge is 0.335 e. The minimum atomic E-state index is -4.08. The molecule has 9 nitrogen and oxygen atoms in total. The first kappa shape index (κ1) is 14.2. The van der Waals surface area contributed by atoms with Crippen LogP contribution in [0.2, 0.25) is 5.02 Å². The molecule has 0 aliphatic rings. The molecule has 2 N–H and O–H groups in total. The summed E-state index contributed by atoms with van der Waals surface area (Å²) in [6, 6.07) is 4.75. The van der Waals surface area contributed by atoms with Gasteiger partial charge < -0.3 is 0 Å². The van der Waals surface area contributed by atoms with Crippen molar-refractivity contribution in [1.82, 2.24) is 24.9 Å². The summed E-state index contributed by atoms with van der Waals surface area (Å²) >= 11 is 5.77. The van der Waals surface area contributed by atoms with Crippen LogP contribution in [0.5, 0.6) is 0 Å². The fourth-order valence-electron chi connectivity index (χ4n) is 1.30. The zero-order valence-electron chi connectivity index (χ0n) is 10.1. The summed E-state index contributed by atoms with van der Waals surface area (Å²) in [5.41, 5.74) is 0. The first-order chi connectivity index (χ1) is 9.40. The molecule has 0 saturated heterocycles. The van der Waals surface area contributed by atoms with Crippen molar-refractivity contribution in [3.63, 3.8) is 0 Å². The third-order valence-electron chi connectivity index (χ3n) is 2.20. The number of aryl methyl sites for hydroxylation is 1. The van der Waals surface area contributed by atoms with E-state index in [2.05, 4.69) is 20.8 Å². The molecule has 1 aromatic heterocycles. The highest BCUT2D eigenvalue weighted by Crippen LogP contribution is 2.20. The molecule has 0 atom stereocenters. The molecule has 2 rings (SSSR count). The Labute approximate surface area is 119 Å². The predicted octanol–water partition coefficient (Wildman–Crippen LogP) is 0.374. The number of amides is 2. The van der Waals surface area contributed by atoms with E-state index in [1.54, 1.807) is 6.07 Å². The van der Waals surface area contributed by atoms with Gasteiger partial charge in [0, 0.05) is 7.05 Å². The topological polar surface area (TPSA) is 119 Å². The van der Waals surface area contributed by atoms with Crippen molar-refractivity contribution >= 4 is 33.6 Å². The van der Waals surface area contributed by atoms with Gasteiger partial charge >= 0.3 is 6.03 Å². The van der Waals surface area contributed by atoms with Crippen LogP contribution in [0.3, 0.4) is 0 Å². The number of sulfonamides is 1. The van der Waals surface area contributed by atoms with Gasteiger partial charge in [0.2, 0.25) is 0 Å². The minimum absolute atomic E-state index is 0.00291. The smallest absolute Gasteiger partial charge is 0.274 e. The number of carbonyl (C=O) groups is 1. The Bertz CT molecular complexity index is 744. The number of hydrogen-bond donors (Lipinski definition) is 2. The second-order valence-corrected chi connectivity index (χ2v) is 5.67. The van der Waals surface area contributed by atoms with E-state index in [0.29, 0.717) is 0 Å². The van der Waals surface area contributed by atoms with Gasteiger partial charge in [-0.3, -0.25) is 5.32 Å². The molecule has 0 aliphatic heterocycles. The first-order valence-electron chi connectivity index (χ1n) is 5.21. The Hall–Kier alpha value is -2.20. The van der Waals surface area contributed by atoms with Gasteiger partial charge in [-0.15, -0.1) is 0 Å². The fraction of sp³-hybridized carbons (Fsp3) is 0.111. The van der Waals surface area contributed by atoms with E-state index in [1.807, 2.05) is 4.72 Å². The lowest BCUT2D eigenvalue weighted by Gasteiger charge is -2.08. The van der Waals surface area contributed by atoms with E-state index in [0.717, 1.165) is 0 Å². The number of rotatable bonds is 3. The average Bonchev–Trinajstić information content (AvgIpc) is 2.74. The number of urea groups is 1. The van der Waals surface area contributed by atoms with Gasteiger partial charge in [-0.1, -0.05) is 28.8 Å². The quantitative estimate of drug-likeness (QED) is 0.844. The summed E-state index contributed by atoms with van der Waals surface area (Å²) in [6.07, 6.45) is 0. The van der Waals surface area contributed by atoms with E-state index in [9.17, 15) is 13.2 Å². The molecule has 0 spiro atoms. The van der Waals surface area contributed by atoms with E-state index in [4.69, 9.17) is 11.6 Å². The number of nitrogens with zero attached hydrogens (tertiary/aromatic N) is 4. The Balaban J connectivity index is 2.15. The molecule has 20 heavy (non-hydrogen) atoms. The number of nitrogens with one attached hydrogen (secondary N) is 2. The highest BCUT2D eigenvalue weighted by atomic mass is 35.5. The summed E-state index contributed by atoms with van der Waals surface area (Å²) < 4.78 is 26.9. The molecule has 0 bridgehead atoms. The first-order valence-corrected chi connectivity index (χ1v) is 7.07. The number of aromatic nitrogens is 4. The second kappa shape index (κ2) is 5.43. The fourth-order valence-corrected chi connectivity index (χ4v) is 2.73. The highest BCUT2D eigenvalue weighted by molar-refractivity contribution is 7.90. The van der Waals surface area contributed by atoms with E-state index >= 15 is 0 Å². The van der Waals surface area contributed by atoms with Crippen molar-refractivity contribution < 1.29 is 13.2 Å². The standard InChI is InChI=1S/C9H9ClN6O3S/c1-16-8(12-14-15-16)11-9(17)13-20(18,19)7-5-3-2-4-6(7)10/h2-5H,1H3,(H2,11,12,13,15,17). The van der Waals surface area contributed by atoms with Crippen LogP contribution in [0.25, 0.3) is 0 Å². The van der Waals surface area contributed by atoms with Crippen molar-refractivity contribution in [2.45, 2.75) is 4.90 Å². The van der Waals surface area contributed by atoms with E-state index < -0.39 is 16.1 Å². The maximum Gasteiger partial charge on any atom is 0.335 e. The van der Waals surface area contributed by atoms with Crippen LogP contribution in [0.1, 0.15) is 0 Å². The molecule has 2 amide bonds. The summed E-state index contributed by atoms with van der Waals surface area (Å²) in [6.45, 7) is 0. The third kappa shape index (κ3) is 3.03. The molecule has 2 aromatic rings. The number of benzene rings is 1. The lowest BCUT2D eigenvalue weighted by Crippen LogP contribution is -2.35. The van der Waals surface area contributed by atoms with Crippen LogP contribution in [-0.2, 0) is 17.1 Å². The molecule has 0 aliphatic carbocycles. The summed E-state index contributed by atoms with van der Waals surface area (Å²) in [5.74, 6) is -0.00291. The maximum absolute atomic E-state index is 12.0. The van der Waals surface area contributed by atoms with Crippen molar-refractivity contribution in [3.05, 3.63) is 29.3 Å². The monoisotopic (exact) mass is 316 g/mol. The van der Waals surface area contributed by atoms with Crippen LogP contribution < -0.4 is 10.0 Å². The summed E-state index contributed by atoms with van der Waals surface area (Å²) in [4.78, 5) is 11.4. The molecular weight excluding hydrogens is 308 g/mol. The molecule has 0 saturated carbocycles. The third-order valence-corrected chi connectivity index (χ3v) is 4.03. The van der Waals surface area contributed by atoms with Crippen molar-refractivity contribution in [2.24, 2.45) is 7.05 Å². The average molecular weight is 317 g/mol. The minimum Gasteiger partial charge on any atom is -0.274 e. The van der Waals surface area contributed by atoms with Gasteiger partial charge in [-0.05, 0) is 22.6 Å². The number of halogens is 1. The number of anilines is 1. The zero-order chi connectivity index (χ0) is 14.8. The van der Waals surface area contributed by atoms with Crippen LogP contribution >= 0.6 is 11.6 Å². The van der Waals surface area contributed by atoms with Gasteiger partial charge in [0.15, 0.2) is 0 Å². The lowest BCUT2D eigenvalue weighted by molar-refractivity contribution is 0.256. The summed E-state index contributed by atoms with van der Waals surface area (Å²) in [7, 11) is -2.59. The Morgan fingerprint density at radius 1 is 1.35 bits per heavy atom. The Kier molecular flexibility index (Phi) is 3.86. The van der Waals surface area contributed by atoms with Gasteiger partial charge in [-0.2, -0.15) is 0 Å². The van der Waals surface area contributed by atoms with Gasteiger partial charge in [0.05, 0.1) is 5.02 Å². The van der Waals surface area contributed by atoms with E-state index in [-0.39, 0.29) is 15.9 Å². The normalized spacial score (nSPS) is 11.1. The molecule has 0 unspecified atom stereocenters. The van der Waals surface area contributed by atoms with Crippen molar-refractivity contribution in [2.75, 3.05) is 5.32 Å². The van der Waals surface area contributed by atoms with Crippen LogP contribution in [0.15, 0.2) is 29.2 Å². The Morgan fingerprint density at radius 3 is 2.65 bits per heavy atom. The lowest BCUT2D eigenvalue weighted by atomic mass is 10.4. The summed E-state index contributed by atoms with van der Waals surface area (Å²) in [5, 5.41) is 12.5. The number of tetrazole rings is 1. The van der Waals surface area contributed by atoms with Crippen molar-refractivity contribution in [1.29, 1.82) is 0 Å². The Morgan fingerprint density at radius 2 is 2.05 bits per heavy atom. The van der Waals surface area contributed by atoms with Crippen molar-refractivity contribution in [3.8, 4) is 0 Å². The molecular formula is C9H9ClN6O3S. The molecule has 1 heterocycles. The molecule has 0 radical (unpaired) electrons. The van der Waals surface area contributed by atoms with Gasteiger partial charge in [0.25, 0.3) is 16.0 Å². The molecule has 1 aromatic carbocycles. The number of carbonyl (C=O) groups excluding carboxylic acids is 1. The molecule has 11 heteroatoms. The molecule has 0 fully saturated rings. The van der Waals surface area contributed by atoms with Crippen LogP contribution in [0, 0.1) is 0 Å². The van der Waals surface area contributed by atoms with Crippen LogP contribution in [0.4, 0.5) is 10.7 Å². The number of hydrogen-bond acceptors (Lipinski definition) is 6. The molecule has 106 valence electrons. The predicted molar refractivity (Wildman–Crippen MR) is 69.6 cm³/mol. The van der Waals surface area contributed by atoms with E-state index in [1.165, 1.54) is 29.9 Å². The second-order valence-electron chi connectivity index (χ2n) is 3.62. The van der Waals surface area contributed by atoms with Crippen LogP contribution in [-0.4, -0.2) is 34.7 Å². The highest BCUT2D eigenvalue weighted by Gasteiger charge is 2.21.